The number of hydrogen-bond acceptors (Lipinski definition) is 7. The Bertz CT molecular complexity index is 857. The minimum atomic E-state index is -2.50. The predicted molar refractivity (Wildman–Crippen MR) is 88.3 cm³/mol. The lowest BCUT2D eigenvalue weighted by Gasteiger charge is -2.52. The molecule has 0 radical (unpaired) electrons. The fourth-order valence-corrected chi connectivity index (χ4v) is 4.74. The van der Waals surface area contributed by atoms with Gasteiger partial charge in [-0.15, -0.1) is 0 Å². The molecule has 0 heterocycles. The summed E-state index contributed by atoms with van der Waals surface area (Å²) >= 11 is 0. The number of rotatable bonds is 0. The Morgan fingerprint density at radius 2 is 1.81 bits per heavy atom. The van der Waals surface area contributed by atoms with Crippen LogP contribution < -0.4 is 0 Å². The van der Waals surface area contributed by atoms with Crippen molar-refractivity contribution in [1.82, 2.24) is 0 Å². The van der Waals surface area contributed by atoms with Crippen LogP contribution in [0.2, 0.25) is 0 Å². The summed E-state index contributed by atoms with van der Waals surface area (Å²) in [6.45, 7) is 1.83. The van der Waals surface area contributed by atoms with Gasteiger partial charge in [0.05, 0.1) is 5.92 Å². The van der Waals surface area contributed by atoms with E-state index in [-0.39, 0.29) is 40.4 Å². The van der Waals surface area contributed by atoms with Crippen molar-refractivity contribution >= 4 is 11.6 Å². The monoisotopic (exact) mass is 360 g/mol. The Kier molecular flexibility index (Phi) is 3.65. The molecule has 0 saturated heterocycles. The topological polar surface area (TPSA) is 135 Å². The van der Waals surface area contributed by atoms with E-state index >= 15 is 0 Å². The lowest BCUT2D eigenvalue weighted by molar-refractivity contribution is -0.198. The third kappa shape index (κ3) is 1.97. The highest BCUT2D eigenvalue weighted by atomic mass is 16.4. The maximum absolute atomic E-state index is 13.1. The summed E-state index contributed by atoms with van der Waals surface area (Å²) in [5.41, 5.74) is -2.48. The number of aliphatic hydroxyl groups is 4. The first-order chi connectivity index (χ1) is 12.2. The average Bonchev–Trinajstić information content (AvgIpc) is 2.58. The lowest BCUT2D eigenvalue weighted by Crippen LogP contribution is -2.66. The second kappa shape index (κ2) is 5.47. The van der Waals surface area contributed by atoms with Crippen molar-refractivity contribution in [3.05, 3.63) is 40.5 Å². The molecule has 3 aliphatic carbocycles. The number of aromatic hydroxyl groups is 1. The molecule has 0 fully saturated rings. The molecular formula is C19H20O7. The van der Waals surface area contributed by atoms with E-state index in [1.54, 1.807) is 0 Å². The quantitative estimate of drug-likeness (QED) is 0.439. The fourth-order valence-electron chi connectivity index (χ4n) is 4.74. The van der Waals surface area contributed by atoms with E-state index in [0.29, 0.717) is 6.42 Å². The van der Waals surface area contributed by atoms with Gasteiger partial charge in [-0.05, 0) is 24.0 Å². The van der Waals surface area contributed by atoms with E-state index in [0.717, 1.165) is 0 Å². The van der Waals surface area contributed by atoms with Crippen LogP contribution >= 0.6 is 0 Å². The van der Waals surface area contributed by atoms with Gasteiger partial charge in [-0.1, -0.05) is 19.1 Å². The third-order valence-corrected chi connectivity index (χ3v) is 5.95. The van der Waals surface area contributed by atoms with Gasteiger partial charge < -0.3 is 25.5 Å². The van der Waals surface area contributed by atoms with Crippen LogP contribution in [0, 0.1) is 11.8 Å². The molecule has 5 N–H and O–H groups in total. The smallest absolute Gasteiger partial charge is 0.174 e. The fraction of sp³-hybridized carbons (Fsp3) is 0.474. The van der Waals surface area contributed by atoms with E-state index in [9.17, 15) is 35.1 Å². The van der Waals surface area contributed by atoms with Gasteiger partial charge in [0.15, 0.2) is 11.6 Å². The van der Waals surface area contributed by atoms with Gasteiger partial charge in [-0.3, -0.25) is 9.59 Å². The first-order valence-corrected chi connectivity index (χ1v) is 8.58. The van der Waals surface area contributed by atoms with Gasteiger partial charge in [0.25, 0.3) is 0 Å². The van der Waals surface area contributed by atoms with E-state index in [1.807, 2.05) is 6.92 Å². The Balaban J connectivity index is 2.01. The first-order valence-electron chi connectivity index (χ1n) is 8.58. The van der Waals surface area contributed by atoms with Gasteiger partial charge in [-0.25, -0.2) is 0 Å². The van der Waals surface area contributed by atoms with Crippen molar-refractivity contribution in [3.63, 3.8) is 0 Å². The summed E-state index contributed by atoms with van der Waals surface area (Å²) in [4.78, 5) is 25.8. The molecule has 0 aliphatic heterocycles. The van der Waals surface area contributed by atoms with Crippen LogP contribution in [-0.4, -0.2) is 54.9 Å². The molecule has 4 rings (SSSR count). The SMILES string of the molecule is C[C@@H]1CC(=O)C2=C(C1)[C@@H](O)[C@H](O)[C@@]1(O)[C@@H]2C(=O)c2cccc(O)c2[C@@H]1O. The zero-order chi connectivity index (χ0) is 19.0. The number of phenols is 1. The summed E-state index contributed by atoms with van der Waals surface area (Å²) in [5.74, 6) is -2.99. The zero-order valence-corrected chi connectivity index (χ0v) is 14.1. The van der Waals surface area contributed by atoms with Crippen LogP contribution in [0.25, 0.3) is 0 Å². The van der Waals surface area contributed by atoms with Crippen molar-refractivity contribution in [1.29, 1.82) is 0 Å². The van der Waals surface area contributed by atoms with Crippen LogP contribution in [0.5, 0.6) is 5.75 Å². The van der Waals surface area contributed by atoms with E-state index in [2.05, 4.69) is 0 Å². The molecule has 7 heteroatoms. The molecule has 138 valence electrons. The van der Waals surface area contributed by atoms with Crippen molar-refractivity contribution in [3.8, 4) is 5.75 Å². The van der Waals surface area contributed by atoms with Crippen LogP contribution in [0.3, 0.4) is 0 Å². The van der Waals surface area contributed by atoms with Crippen molar-refractivity contribution in [2.24, 2.45) is 11.8 Å². The normalized spacial score (nSPS) is 39.3. The lowest BCUT2D eigenvalue weighted by atomic mass is 9.56. The largest absolute Gasteiger partial charge is 0.508 e. The number of aliphatic hydroxyl groups excluding tert-OH is 3. The molecule has 1 aromatic carbocycles. The number of hydrogen-bond donors (Lipinski definition) is 5. The summed E-state index contributed by atoms with van der Waals surface area (Å²) < 4.78 is 0. The van der Waals surface area contributed by atoms with Crippen LogP contribution in [0.1, 0.15) is 41.8 Å². The summed E-state index contributed by atoms with van der Waals surface area (Å²) in [6.07, 6.45) is -4.82. The van der Waals surface area contributed by atoms with Crippen molar-refractivity contribution in [2.45, 2.75) is 43.7 Å². The molecule has 0 amide bonds. The molecule has 7 nitrogen and oxygen atoms in total. The molecule has 1 aromatic rings. The van der Waals surface area contributed by atoms with E-state index in [1.165, 1.54) is 18.2 Å². The minimum absolute atomic E-state index is 0.00552. The Morgan fingerprint density at radius 3 is 2.50 bits per heavy atom. The van der Waals surface area contributed by atoms with Crippen molar-refractivity contribution in [2.75, 3.05) is 0 Å². The number of Topliss-reactive ketones (excluding diaryl/α,β-unsaturated/α-hetero) is 2. The van der Waals surface area contributed by atoms with Gasteiger partial charge in [0, 0.05) is 23.1 Å². The van der Waals surface area contributed by atoms with Crippen LogP contribution in [0.4, 0.5) is 0 Å². The van der Waals surface area contributed by atoms with Crippen molar-refractivity contribution < 1.29 is 35.1 Å². The van der Waals surface area contributed by atoms with Gasteiger partial charge >= 0.3 is 0 Å². The number of carbonyl (C=O) groups is 2. The number of ketones is 2. The van der Waals surface area contributed by atoms with Crippen LogP contribution in [0.15, 0.2) is 29.3 Å². The molecule has 3 aliphatic rings. The molecule has 0 saturated carbocycles. The van der Waals surface area contributed by atoms with E-state index < -0.39 is 41.4 Å². The third-order valence-electron chi connectivity index (χ3n) is 5.95. The number of carbonyl (C=O) groups excluding carboxylic acids is 2. The highest BCUT2D eigenvalue weighted by Gasteiger charge is 2.64. The molecule has 0 spiro atoms. The molecule has 0 bridgehead atoms. The van der Waals surface area contributed by atoms with Crippen LogP contribution in [-0.2, 0) is 4.79 Å². The molecule has 0 unspecified atom stereocenters. The highest BCUT2D eigenvalue weighted by molar-refractivity contribution is 6.11. The minimum Gasteiger partial charge on any atom is -0.508 e. The molecular weight excluding hydrogens is 340 g/mol. The summed E-state index contributed by atoms with van der Waals surface area (Å²) in [5, 5.41) is 53.2. The maximum atomic E-state index is 13.1. The Morgan fingerprint density at radius 1 is 1.12 bits per heavy atom. The molecule has 6 atom stereocenters. The summed E-state index contributed by atoms with van der Waals surface area (Å²) in [6, 6.07) is 4.08. The second-order valence-corrected chi connectivity index (χ2v) is 7.59. The maximum Gasteiger partial charge on any atom is 0.174 e. The highest BCUT2D eigenvalue weighted by Crippen LogP contribution is 2.54. The average molecular weight is 360 g/mol. The standard InChI is InChI=1S/C19H20O7/c1-7-5-9-12(11(21)6-7)14-15(22)8-3-2-4-10(20)13(8)17(24)19(14,26)18(25)16(9)23/h2-4,7,14,16-18,20,23-26H,5-6H2,1H3/t7-,14-,16+,17-,18-,19+/m0/s1. The van der Waals surface area contributed by atoms with Gasteiger partial charge in [-0.2, -0.15) is 0 Å². The number of fused-ring (bicyclic) bond motifs is 3. The predicted octanol–water partition coefficient (Wildman–Crippen LogP) is 0.000200. The molecule has 26 heavy (non-hydrogen) atoms. The van der Waals surface area contributed by atoms with E-state index in [4.69, 9.17) is 0 Å². The Hall–Kier alpha value is -2.06. The van der Waals surface area contributed by atoms with Gasteiger partial charge in [0.1, 0.15) is 29.7 Å². The zero-order valence-electron chi connectivity index (χ0n) is 14.1. The summed E-state index contributed by atoms with van der Waals surface area (Å²) in [7, 11) is 0. The molecule has 0 aromatic heterocycles. The number of benzene rings is 1. The second-order valence-electron chi connectivity index (χ2n) is 7.59. The van der Waals surface area contributed by atoms with Gasteiger partial charge in [0.2, 0.25) is 0 Å². The Labute approximate surface area is 149 Å². The first kappa shape index (κ1) is 17.4. The number of phenolic OH excluding ortho intramolecular Hbond substituents is 1.